The predicted molar refractivity (Wildman–Crippen MR) is 97.3 cm³/mol. The molecule has 1 saturated heterocycles. The Morgan fingerprint density at radius 2 is 1.92 bits per heavy atom. The predicted octanol–water partition coefficient (Wildman–Crippen LogP) is 2.54. The van der Waals surface area contributed by atoms with Gasteiger partial charge in [0.25, 0.3) is 0 Å². The molecule has 0 spiro atoms. The van der Waals surface area contributed by atoms with Crippen LogP contribution in [0, 0.1) is 5.92 Å². The van der Waals surface area contributed by atoms with Gasteiger partial charge in [-0.25, -0.2) is 9.97 Å². The van der Waals surface area contributed by atoms with Crippen molar-refractivity contribution in [3.63, 3.8) is 0 Å². The molecule has 5 nitrogen and oxygen atoms in total. The summed E-state index contributed by atoms with van der Waals surface area (Å²) in [5.74, 6) is 0.912. The average molecular weight is 336 g/mol. The highest BCUT2D eigenvalue weighted by molar-refractivity contribution is 5.79. The summed E-state index contributed by atoms with van der Waals surface area (Å²) in [5.41, 5.74) is 1.51. The van der Waals surface area contributed by atoms with Crippen LogP contribution in [-0.4, -0.2) is 35.5 Å². The number of hydrogen-bond acceptors (Lipinski definition) is 4. The molecule has 2 aromatic rings. The number of carbonyl (C=O) groups is 1. The molecule has 2 heterocycles. The molecule has 1 N–H and O–H groups in total. The van der Waals surface area contributed by atoms with Crippen LogP contribution >= 0.6 is 0 Å². The van der Waals surface area contributed by atoms with Crippen LogP contribution in [0.2, 0.25) is 0 Å². The first-order chi connectivity index (χ1) is 12.3. The molecule has 0 unspecified atom stereocenters. The fourth-order valence-corrected chi connectivity index (χ4v) is 3.74. The van der Waals surface area contributed by atoms with Crippen molar-refractivity contribution in [2.24, 2.45) is 5.92 Å². The average Bonchev–Trinajstić information content (AvgIpc) is 3.49. The molecule has 0 radical (unpaired) electrons. The highest BCUT2D eigenvalue weighted by atomic mass is 16.1. The molecule has 130 valence electrons. The van der Waals surface area contributed by atoms with Crippen LogP contribution in [0.15, 0.2) is 48.8 Å². The molecule has 1 amide bonds. The first-order valence-corrected chi connectivity index (χ1v) is 9.12. The van der Waals surface area contributed by atoms with Gasteiger partial charge in [-0.1, -0.05) is 30.3 Å². The minimum absolute atomic E-state index is 0.0177. The number of aromatic nitrogens is 2. The van der Waals surface area contributed by atoms with E-state index >= 15 is 0 Å². The molecule has 0 bridgehead atoms. The molecular weight excluding hydrogens is 312 g/mol. The Morgan fingerprint density at radius 1 is 1.16 bits per heavy atom. The molecule has 1 aliphatic carbocycles. The van der Waals surface area contributed by atoms with E-state index in [1.165, 1.54) is 5.56 Å². The zero-order valence-electron chi connectivity index (χ0n) is 14.4. The van der Waals surface area contributed by atoms with Gasteiger partial charge in [-0.2, -0.15) is 0 Å². The van der Waals surface area contributed by atoms with Gasteiger partial charge in [0, 0.05) is 37.4 Å². The topological polar surface area (TPSA) is 58.1 Å². The van der Waals surface area contributed by atoms with Crippen molar-refractivity contribution in [2.75, 3.05) is 24.5 Å². The number of amides is 1. The van der Waals surface area contributed by atoms with E-state index in [9.17, 15) is 4.79 Å². The number of nitrogens with zero attached hydrogens (tertiary/aromatic N) is 3. The summed E-state index contributed by atoms with van der Waals surface area (Å²) in [6.07, 6.45) is 7.76. The quantitative estimate of drug-likeness (QED) is 0.912. The summed E-state index contributed by atoms with van der Waals surface area (Å²) >= 11 is 0. The van der Waals surface area contributed by atoms with E-state index < -0.39 is 0 Å². The molecule has 2 aliphatic rings. The fraction of sp³-hybridized carbons (Fsp3) is 0.450. The molecule has 1 aromatic carbocycles. The minimum Gasteiger partial charge on any atom is -0.355 e. The molecule has 1 saturated carbocycles. The van der Waals surface area contributed by atoms with Gasteiger partial charge in [0.1, 0.15) is 0 Å². The Balaban J connectivity index is 1.35. The third-order valence-corrected chi connectivity index (χ3v) is 5.47. The van der Waals surface area contributed by atoms with Gasteiger partial charge in [-0.05, 0) is 37.3 Å². The summed E-state index contributed by atoms with van der Waals surface area (Å²) in [7, 11) is 0. The maximum atomic E-state index is 12.7. The van der Waals surface area contributed by atoms with Crippen LogP contribution in [0.25, 0.3) is 0 Å². The zero-order chi connectivity index (χ0) is 17.1. The van der Waals surface area contributed by atoms with Crippen molar-refractivity contribution in [3.05, 3.63) is 54.4 Å². The first-order valence-electron chi connectivity index (χ1n) is 9.12. The van der Waals surface area contributed by atoms with Crippen LogP contribution in [0.3, 0.4) is 0 Å². The second kappa shape index (κ2) is 6.82. The van der Waals surface area contributed by atoms with E-state index in [0.717, 1.165) is 44.7 Å². The van der Waals surface area contributed by atoms with Crippen LogP contribution < -0.4 is 10.2 Å². The highest BCUT2D eigenvalue weighted by Crippen LogP contribution is 2.47. The summed E-state index contributed by atoms with van der Waals surface area (Å²) in [6.45, 7) is 2.37. The van der Waals surface area contributed by atoms with Crippen LogP contribution in [-0.2, 0) is 10.2 Å². The van der Waals surface area contributed by atoms with Gasteiger partial charge >= 0.3 is 0 Å². The molecule has 25 heavy (non-hydrogen) atoms. The Labute approximate surface area is 148 Å². The van der Waals surface area contributed by atoms with Crippen molar-refractivity contribution in [1.82, 2.24) is 15.3 Å². The normalized spacial score (nSPS) is 21.6. The first kappa shape index (κ1) is 16.1. The maximum Gasteiger partial charge on any atom is 0.225 e. The molecule has 1 atom stereocenters. The van der Waals surface area contributed by atoms with Gasteiger partial charge in [-0.3, -0.25) is 4.79 Å². The highest BCUT2D eigenvalue weighted by Gasteiger charge is 2.44. The summed E-state index contributed by atoms with van der Waals surface area (Å²) in [6, 6.07) is 12.4. The van der Waals surface area contributed by atoms with E-state index in [0.29, 0.717) is 6.54 Å². The minimum atomic E-state index is 0.0177. The van der Waals surface area contributed by atoms with E-state index in [4.69, 9.17) is 0 Å². The van der Waals surface area contributed by atoms with E-state index in [-0.39, 0.29) is 17.2 Å². The number of carbonyl (C=O) groups excluding carboxylic acids is 1. The second-order valence-electron chi connectivity index (χ2n) is 7.20. The lowest BCUT2D eigenvalue weighted by atomic mass is 9.94. The van der Waals surface area contributed by atoms with Gasteiger partial charge in [0.15, 0.2) is 0 Å². The Bertz CT molecular complexity index is 715. The third-order valence-electron chi connectivity index (χ3n) is 5.47. The van der Waals surface area contributed by atoms with Crippen LogP contribution in [0.4, 0.5) is 5.95 Å². The number of hydrogen-bond donors (Lipinski definition) is 1. The van der Waals surface area contributed by atoms with Crippen molar-refractivity contribution in [2.45, 2.75) is 31.1 Å². The van der Waals surface area contributed by atoms with Crippen molar-refractivity contribution >= 4 is 11.9 Å². The lowest BCUT2D eigenvalue weighted by Crippen LogP contribution is -2.45. The van der Waals surface area contributed by atoms with Gasteiger partial charge in [0.2, 0.25) is 11.9 Å². The number of benzene rings is 1. The number of anilines is 1. The SMILES string of the molecule is O=C(NCC1(c2ccccc2)CC1)[C@@H]1CCCN(c2ncccn2)C1. The van der Waals surface area contributed by atoms with Gasteiger partial charge in [-0.15, -0.1) is 0 Å². The maximum absolute atomic E-state index is 12.7. The molecular formula is C20H24N4O. The van der Waals surface area contributed by atoms with Crippen LogP contribution in [0.5, 0.6) is 0 Å². The monoisotopic (exact) mass is 336 g/mol. The number of rotatable bonds is 5. The lowest BCUT2D eigenvalue weighted by molar-refractivity contribution is -0.125. The van der Waals surface area contributed by atoms with Crippen molar-refractivity contribution in [3.8, 4) is 0 Å². The standard InChI is InChI=1S/C20H24N4O/c25-18(23-15-20(9-10-20)17-7-2-1-3-8-17)16-6-4-13-24(14-16)19-21-11-5-12-22-19/h1-3,5,7-8,11-12,16H,4,6,9-10,13-15H2,(H,23,25)/t16-/m1/s1. The van der Waals surface area contributed by atoms with E-state index in [1.54, 1.807) is 12.4 Å². The summed E-state index contributed by atoms with van der Waals surface area (Å²) in [5, 5.41) is 3.22. The van der Waals surface area contributed by atoms with E-state index in [2.05, 4.69) is 44.5 Å². The molecule has 1 aliphatic heterocycles. The molecule has 5 heteroatoms. The van der Waals surface area contributed by atoms with Gasteiger partial charge < -0.3 is 10.2 Å². The molecule has 2 fully saturated rings. The zero-order valence-corrected chi connectivity index (χ0v) is 14.4. The second-order valence-corrected chi connectivity index (χ2v) is 7.20. The van der Waals surface area contributed by atoms with Crippen molar-refractivity contribution in [1.29, 1.82) is 0 Å². The lowest BCUT2D eigenvalue weighted by Gasteiger charge is -2.32. The third kappa shape index (κ3) is 3.50. The Kier molecular flexibility index (Phi) is 4.38. The largest absolute Gasteiger partial charge is 0.355 e. The fourth-order valence-electron chi connectivity index (χ4n) is 3.74. The Morgan fingerprint density at radius 3 is 2.64 bits per heavy atom. The molecule has 4 rings (SSSR count). The number of piperidine rings is 1. The Hall–Kier alpha value is -2.43. The summed E-state index contributed by atoms with van der Waals surface area (Å²) in [4.78, 5) is 23.5. The summed E-state index contributed by atoms with van der Waals surface area (Å²) < 4.78 is 0. The van der Waals surface area contributed by atoms with Crippen molar-refractivity contribution < 1.29 is 4.79 Å². The van der Waals surface area contributed by atoms with Crippen LogP contribution in [0.1, 0.15) is 31.2 Å². The van der Waals surface area contributed by atoms with E-state index in [1.807, 2.05) is 12.1 Å². The number of nitrogens with one attached hydrogen (secondary N) is 1. The smallest absolute Gasteiger partial charge is 0.225 e. The van der Waals surface area contributed by atoms with Gasteiger partial charge in [0.05, 0.1) is 5.92 Å². The molecule has 1 aromatic heterocycles.